The molecule has 2 fully saturated rings. The van der Waals surface area contributed by atoms with Gasteiger partial charge in [0.25, 0.3) is 0 Å². The van der Waals surface area contributed by atoms with E-state index < -0.39 is 0 Å². The van der Waals surface area contributed by atoms with E-state index in [1.54, 1.807) is 0 Å². The summed E-state index contributed by atoms with van der Waals surface area (Å²) in [5, 5.41) is 3.75. The summed E-state index contributed by atoms with van der Waals surface area (Å²) in [6.45, 7) is 6.04. The van der Waals surface area contributed by atoms with Crippen molar-refractivity contribution in [2.75, 3.05) is 6.54 Å². The van der Waals surface area contributed by atoms with Gasteiger partial charge < -0.3 is 5.32 Å². The fourth-order valence-corrected chi connectivity index (χ4v) is 3.15. The lowest BCUT2D eigenvalue weighted by Gasteiger charge is -2.48. The van der Waals surface area contributed by atoms with Gasteiger partial charge in [0.2, 0.25) is 0 Å². The maximum atomic E-state index is 3.75. The quantitative estimate of drug-likeness (QED) is 0.685. The Morgan fingerprint density at radius 3 is 2.21 bits per heavy atom. The van der Waals surface area contributed by atoms with Crippen molar-refractivity contribution in [3.63, 3.8) is 0 Å². The molecular weight excluding hydrogens is 170 g/mol. The molecule has 1 heteroatoms. The first-order valence-electron chi connectivity index (χ1n) is 6.54. The first kappa shape index (κ1) is 10.5. The van der Waals surface area contributed by atoms with Crippen LogP contribution in [0, 0.1) is 11.3 Å². The topological polar surface area (TPSA) is 12.0 Å². The Hall–Kier alpha value is -0.0400. The van der Waals surface area contributed by atoms with Gasteiger partial charge in [-0.25, -0.2) is 0 Å². The van der Waals surface area contributed by atoms with Crippen LogP contribution in [0.25, 0.3) is 0 Å². The molecule has 0 heterocycles. The summed E-state index contributed by atoms with van der Waals surface area (Å²) >= 11 is 0. The molecule has 1 N–H and O–H groups in total. The Bertz CT molecular complexity index is 176. The van der Waals surface area contributed by atoms with Gasteiger partial charge in [0.05, 0.1) is 0 Å². The third-order valence-corrected chi connectivity index (χ3v) is 4.52. The van der Waals surface area contributed by atoms with E-state index >= 15 is 0 Å². The third kappa shape index (κ3) is 1.98. The van der Waals surface area contributed by atoms with Gasteiger partial charge in [0.15, 0.2) is 0 Å². The van der Waals surface area contributed by atoms with Crippen LogP contribution in [0.1, 0.15) is 58.8 Å². The van der Waals surface area contributed by atoms with E-state index in [1.807, 2.05) is 0 Å². The summed E-state index contributed by atoms with van der Waals surface area (Å²) in [6, 6.07) is 0.891. The van der Waals surface area contributed by atoms with Gasteiger partial charge >= 0.3 is 0 Å². The fourth-order valence-electron chi connectivity index (χ4n) is 3.15. The van der Waals surface area contributed by atoms with Crippen LogP contribution >= 0.6 is 0 Å². The van der Waals surface area contributed by atoms with Gasteiger partial charge in [0, 0.05) is 12.6 Å². The maximum Gasteiger partial charge on any atom is 0.00684 e. The summed E-state index contributed by atoms with van der Waals surface area (Å²) in [5.41, 5.74) is 0.700. The van der Waals surface area contributed by atoms with Crippen LogP contribution in [-0.4, -0.2) is 12.6 Å². The molecule has 0 aromatic rings. The highest BCUT2D eigenvalue weighted by molar-refractivity contribution is 4.96. The minimum Gasteiger partial charge on any atom is -0.313 e. The van der Waals surface area contributed by atoms with Crippen molar-refractivity contribution in [1.82, 2.24) is 5.32 Å². The molecule has 0 aliphatic heterocycles. The molecule has 2 rings (SSSR count). The first-order chi connectivity index (χ1) is 6.80. The van der Waals surface area contributed by atoms with E-state index in [0.717, 1.165) is 12.0 Å². The maximum absolute atomic E-state index is 3.75. The molecule has 1 nitrogen and oxygen atoms in total. The molecule has 82 valence electrons. The van der Waals surface area contributed by atoms with Crippen molar-refractivity contribution in [3.05, 3.63) is 0 Å². The minimum atomic E-state index is 0.700. The molecule has 2 aliphatic carbocycles. The van der Waals surface area contributed by atoms with Crippen molar-refractivity contribution in [2.45, 2.75) is 64.8 Å². The number of hydrogen-bond donors (Lipinski definition) is 1. The second-order valence-corrected chi connectivity index (χ2v) is 5.38. The van der Waals surface area contributed by atoms with Gasteiger partial charge in [0.1, 0.15) is 0 Å². The van der Waals surface area contributed by atoms with Crippen molar-refractivity contribution in [1.29, 1.82) is 0 Å². The molecule has 0 atom stereocenters. The third-order valence-electron chi connectivity index (χ3n) is 4.52. The van der Waals surface area contributed by atoms with Crippen LogP contribution in [-0.2, 0) is 0 Å². The molecule has 0 bridgehead atoms. The van der Waals surface area contributed by atoms with Crippen molar-refractivity contribution >= 4 is 0 Å². The Morgan fingerprint density at radius 2 is 1.86 bits per heavy atom. The summed E-state index contributed by atoms with van der Waals surface area (Å²) in [7, 11) is 0. The zero-order valence-electron chi connectivity index (χ0n) is 9.81. The average molecular weight is 195 g/mol. The summed E-state index contributed by atoms with van der Waals surface area (Å²) in [6.07, 6.45) is 10.1. The SMILES string of the molecule is CCC(CC)C1(CNC2CC2)CCC1. The molecule has 2 aliphatic rings. The molecule has 0 spiro atoms. The largest absolute Gasteiger partial charge is 0.313 e. The molecule has 0 aromatic heterocycles. The first-order valence-corrected chi connectivity index (χ1v) is 6.54. The predicted molar refractivity (Wildman–Crippen MR) is 61.4 cm³/mol. The standard InChI is InChI=1S/C13H25N/c1-3-11(4-2)13(8-5-9-13)10-14-12-6-7-12/h11-12,14H,3-10H2,1-2H3. The van der Waals surface area contributed by atoms with Gasteiger partial charge in [-0.2, -0.15) is 0 Å². The van der Waals surface area contributed by atoms with Crippen LogP contribution in [0.2, 0.25) is 0 Å². The second-order valence-electron chi connectivity index (χ2n) is 5.38. The predicted octanol–water partition coefficient (Wildman–Crippen LogP) is 3.34. The smallest absolute Gasteiger partial charge is 0.00684 e. The lowest BCUT2D eigenvalue weighted by molar-refractivity contribution is 0.0427. The highest BCUT2D eigenvalue weighted by Gasteiger charge is 2.42. The number of rotatable bonds is 6. The lowest BCUT2D eigenvalue weighted by atomic mass is 9.59. The Kier molecular flexibility index (Phi) is 3.16. The van der Waals surface area contributed by atoms with E-state index in [2.05, 4.69) is 19.2 Å². The molecule has 0 saturated heterocycles. The van der Waals surface area contributed by atoms with E-state index in [0.29, 0.717) is 5.41 Å². The number of nitrogens with one attached hydrogen (secondary N) is 1. The van der Waals surface area contributed by atoms with Crippen LogP contribution in [0.3, 0.4) is 0 Å². The summed E-state index contributed by atoms with van der Waals surface area (Å²) in [5.74, 6) is 0.975. The summed E-state index contributed by atoms with van der Waals surface area (Å²) < 4.78 is 0. The Morgan fingerprint density at radius 1 is 1.21 bits per heavy atom. The fraction of sp³-hybridized carbons (Fsp3) is 1.00. The Labute approximate surface area is 88.7 Å². The minimum absolute atomic E-state index is 0.700. The summed E-state index contributed by atoms with van der Waals surface area (Å²) in [4.78, 5) is 0. The van der Waals surface area contributed by atoms with Gasteiger partial charge in [-0.3, -0.25) is 0 Å². The second kappa shape index (κ2) is 4.22. The van der Waals surface area contributed by atoms with Crippen LogP contribution in [0.4, 0.5) is 0 Å². The normalized spacial score (nSPS) is 25.1. The highest BCUT2D eigenvalue weighted by Crippen LogP contribution is 2.49. The van der Waals surface area contributed by atoms with Crippen molar-refractivity contribution in [2.24, 2.45) is 11.3 Å². The van der Waals surface area contributed by atoms with Crippen LogP contribution in [0.15, 0.2) is 0 Å². The van der Waals surface area contributed by atoms with E-state index in [-0.39, 0.29) is 0 Å². The Balaban J connectivity index is 1.85. The van der Waals surface area contributed by atoms with E-state index in [9.17, 15) is 0 Å². The lowest BCUT2D eigenvalue weighted by Crippen LogP contribution is -2.45. The van der Waals surface area contributed by atoms with E-state index in [1.165, 1.54) is 51.5 Å². The zero-order valence-corrected chi connectivity index (χ0v) is 9.81. The van der Waals surface area contributed by atoms with Crippen LogP contribution < -0.4 is 5.32 Å². The van der Waals surface area contributed by atoms with Gasteiger partial charge in [-0.15, -0.1) is 0 Å². The molecule has 0 aromatic carbocycles. The molecule has 0 amide bonds. The van der Waals surface area contributed by atoms with Gasteiger partial charge in [-0.1, -0.05) is 33.1 Å². The molecule has 0 radical (unpaired) electrons. The van der Waals surface area contributed by atoms with E-state index in [4.69, 9.17) is 0 Å². The van der Waals surface area contributed by atoms with Crippen molar-refractivity contribution in [3.8, 4) is 0 Å². The average Bonchev–Trinajstić information content (AvgIpc) is 2.93. The van der Waals surface area contributed by atoms with Crippen molar-refractivity contribution < 1.29 is 0 Å². The molecule has 2 saturated carbocycles. The van der Waals surface area contributed by atoms with Crippen LogP contribution in [0.5, 0.6) is 0 Å². The zero-order chi connectivity index (χ0) is 10.0. The number of hydrogen-bond acceptors (Lipinski definition) is 1. The van der Waals surface area contributed by atoms with Gasteiger partial charge in [-0.05, 0) is 37.0 Å². The monoisotopic (exact) mass is 195 g/mol. The molecular formula is C13H25N. The molecule has 14 heavy (non-hydrogen) atoms. The highest BCUT2D eigenvalue weighted by atomic mass is 15.0. The molecule has 0 unspecified atom stereocenters.